The van der Waals surface area contributed by atoms with Crippen LogP contribution in [0.1, 0.15) is 35.1 Å². The van der Waals surface area contributed by atoms with E-state index in [2.05, 4.69) is 62.1 Å². The molecule has 0 unspecified atom stereocenters. The van der Waals surface area contributed by atoms with Gasteiger partial charge in [-0.1, -0.05) is 48.5 Å². The fourth-order valence-electron chi connectivity index (χ4n) is 2.78. The van der Waals surface area contributed by atoms with Crippen LogP contribution in [0.25, 0.3) is 0 Å². The Kier molecular flexibility index (Phi) is 6.81. The van der Waals surface area contributed by atoms with Crippen LogP contribution in [-0.4, -0.2) is 0 Å². The molecule has 23 heavy (non-hydrogen) atoms. The number of hydrogen-bond acceptors (Lipinski definition) is 0. The van der Waals surface area contributed by atoms with Crippen molar-refractivity contribution in [2.75, 3.05) is 0 Å². The van der Waals surface area contributed by atoms with Crippen molar-refractivity contribution >= 4 is 17.0 Å². The quantitative estimate of drug-likeness (QED) is 0.628. The molecule has 10 radical (unpaired) electrons. The monoisotopic (exact) mass is 412 g/mol. The minimum absolute atomic E-state index is 0.826. The van der Waals surface area contributed by atoms with Crippen molar-refractivity contribution < 1.29 is 20.8 Å². The van der Waals surface area contributed by atoms with Gasteiger partial charge in [0.2, 0.25) is 0 Å². The summed E-state index contributed by atoms with van der Waals surface area (Å²) in [5.41, 5.74) is 4.86. The van der Waals surface area contributed by atoms with E-state index in [1.165, 1.54) is 23.0 Å². The van der Waals surface area contributed by atoms with Crippen molar-refractivity contribution in [3.05, 3.63) is 108 Å². The van der Waals surface area contributed by atoms with Crippen LogP contribution in [0.15, 0.2) is 48.5 Å². The van der Waals surface area contributed by atoms with E-state index in [-0.39, 0.29) is 0 Å². The summed E-state index contributed by atoms with van der Waals surface area (Å²) in [6.07, 6.45) is 14.9. The molecule has 0 fully saturated rings. The first-order chi connectivity index (χ1) is 11.3. The van der Waals surface area contributed by atoms with Crippen LogP contribution in [-0.2, 0) is 20.8 Å². The molecule has 0 saturated heterocycles. The Hall–Kier alpha value is -0.0969. The number of rotatable bonds is 3. The molecule has 0 N–H and O–H groups in total. The van der Waals surface area contributed by atoms with Crippen molar-refractivity contribution in [2.24, 2.45) is 0 Å². The summed E-state index contributed by atoms with van der Waals surface area (Å²) in [6, 6.07) is 16.7. The molecule has 110 valence electrons. The molecule has 0 aliphatic heterocycles. The van der Waals surface area contributed by atoms with E-state index in [4.69, 9.17) is 17.0 Å². The Morgan fingerprint density at radius 2 is 1.04 bits per heavy atom. The zero-order chi connectivity index (χ0) is 16.1. The van der Waals surface area contributed by atoms with Gasteiger partial charge in [0.25, 0.3) is 0 Å². The van der Waals surface area contributed by atoms with Gasteiger partial charge in [-0.3, -0.25) is 0 Å². The van der Waals surface area contributed by atoms with E-state index < -0.39 is 20.8 Å². The molecule has 0 atom stereocenters. The summed E-state index contributed by atoms with van der Waals surface area (Å²) >= 11 is -0.826. The average molecular weight is 414 g/mol. The standard InChI is InChI=1S/C20H12.2ClH.Zr/c1-3-7-19-15(5-1)9-11-17(19)13-14-18-12-10-16-6-2-4-8-20(16)18;;;/h1-8H,13-14H2;2*1H;/q;;;+2/p-2. The SMILES string of the molecule is [C]1[C]c2ccccc2[C]1CC[C]1[C][C]c2ccccc21.[Cl][Zr][Cl]. The Morgan fingerprint density at radius 1 is 0.652 bits per heavy atom. The fourth-order valence-corrected chi connectivity index (χ4v) is 2.78. The molecule has 2 aliphatic rings. The van der Waals surface area contributed by atoms with E-state index in [0.29, 0.717) is 0 Å². The second-order valence-corrected chi connectivity index (χ2v) is 8.85. The second kappa shape index (κ2) is 8.84. The molecule has 0 heterocycles. The summed E-state index contributed by atoms with van der Waals surface area (Å²) in [5, 5.41) is 0. The summed E-state index contributed by atoms with van der Waals surface area (Å²) < 4.78 is 0. The van der Waals surface area contributed by atoms with Crippen LogP contribution in [0.5, 0.6) is 0 Å². The fraction of sp³-hybridized carbons (Fsp3) is 0.100. The topological polar surface area (TPSA) is 0 Å². The van der Waals surface area contributed by atoms with Crippen LogP contribution < -0.4 is 0 Å². The van der Waals surface area contributed by atoms with E-state index in [1.54, 1.807) is 0 Å². The van der Waals surface area contributed by atoms with E-state index in [0.717, 1.165) is 24.0 Å². The van der Waals surface area contributed by atoms with E-state index >= 15 is 0 Å². The van der Waals surface area contributed by atoms with Gasteiger partial charge in [-0.05, 0) is 35.1 Å². The van der Waals surface area contributed by atoms with Crippen molar-refractivity contribution in [2.45, 2.75) is 12.8 Å². The van der Waals surface area contributed by atoms with Crippen LogP contribution in [0.4, 0.5) is 0 Å². The third-order valence-corrected chi connectivity index (χ3v) is 3.83. The predicted octanol–water partition coefficient (Wildman–Crippen LogP) is 5.44. The first kappa shape index (κ1) is 17.7. The van der Waals surface area contributed by atoms with Crippen molar-refractivity contribution in [1.29, 1.82) is 0 Å². The van der Waals surface area contributed by atoms with Crippen LogP contribution in [0.2, 0.25) is 0 Å². The molecule has 0 spiro atoms. The molecule has 0 aromatic heterocycles. The van der Waals surface area contributed by atoms with Gasteiger partial charge in [-0.2, -0.15) is 0 Å². The van der Waals surface area contributed by atoms with Crippen LogP contribution in [0.3, 0.4) is 0 Å². The molecule has 2 aliphatic carbocycles. The average Bonchev–Trinajstić information content (AvgIpc) is 3.18. The summed E-state index contributed by atoms with van der Waals surface area (Å²) in [4.78, 5) is 0. The number of fused-ring (bicyclic) bond motifs is 2. The van der Waals surface area contributed by atoms with Gasteiger partial charge in [0.15, 0.2) is 0 Å². The first-order valence-corrected chi connectivity index (χ1v) is 13.6. The molecular formula is C20H12Cl2Zr. The van der Waals surface area contributed by atoms with Gasteiger partial charge < -0.3 is 0 Å². The maximum atomic E-state index is 4.93. The number of benzene rings is 2. The molecule has 0 amide bonds. The third-order valence-electron chi connectivity index (χ3n) is 3.83. The van der Waals surface area contributed by atoms with Gasteiger partial charge in [0.1, 0.15) is 0 Å². The normalized spacial score (nSPS) is 16.4. The second-order valence-electron chi connectivity index (χ2n) is 5.12. The van der Waals surface area contributed by atoms with Gasteiger partial charge in [0, 0.05) is 37.5 Å². The molecule has 2 aromatic carbocycles. The third kappa shape index (κ3) is 4.30. The van der Waals surface area contributed by atoms with Gasteiger partial charge in [-0.25, -0.2) is 0 Å². The Balaban J connectivity index is 0.000000485. The summed E-state index contributed by atoms with van der Waals surface area (Å²) in [6.45, 7) is 0. The summed E-state index contributed by atoms with van der Waals surface area (Å²) in [7, 11) is 9.87. The zero-order valence-corrected chi connectivity index (χ0v) is 16.3. The van der Waals surface area contributed by atoms with Crippen molar-refractivity contribution in [1.82, 2.24) is 0 Å². The molecule has 2 aromatic rings. The minimum atomic E-state index is -0.826. The molecular weight excluding hydrogens is 402 g/mol. The Bertz CT molecular complexity index is 586. The summed E-state index contributed by atoms with van der Waals surface area (Å²) in [5.74, 6) is 2.50. The van der Waals surface area contributed by atoms with Crippen LogP contribution >= 0.6 is 17.0 Å². The molecule has 0 nitrogen and oxygen atoms in total. The predicted molar refractivity (Wildman–Crippen MR) is 89.7 cm³/mol. The molecule has 0 bridgehead atoms. The molecule has 0 saturated carbocycles. The molecule has 3 heteroatoms. The molecule has 4 rings (SSSR count). The number of halogens is 2. The van der Waals surface area contributed by atoms with Gasteiger partial charge in [0.05, 0.1) is 0 Å². The van der Waals surface area contributed by atoms with E-state index in [9.17, 15) is 0 Å². The zero-order valence-electron chi connectivity index (χ0n) is 12.3. The van der Waals surface area contributed by atoms with Gasteiger partial charge >= 0.3 is 37.9 Å². The maximum absolute atomic E-state index is 4.93. The van der Waals surface area contributed by atoms with Crippen molar-refractivity contribution in [3.63, 3.8) is 0 Å². The van der Waals surface area contributed by atoms with E-state index in [1.807, 2.05) is 12.1 Å². The first-order valence-electron chi connectivity index (χ1n) is 7.24. The van der Waals surface area contributed by atoms with Gasteiger partial charge in [-0.15, -0.1) is 0 Å². The van der Waals surface area contributed by atoms with Crippen molar-refractivity contribution in [3.8, 4) is 0 Å². The Morgan fingerprint density at radius 3 is 1.48 bits per heavy atom. The number of hydrogen-bond donors (Lipinski definition) is 0. The van der Waals surface area contributed by atoms with Crippen LogP contribution in [0, 0.1) is 37.5 Å². The Labute approximate surface area is 158 Å².